The van der Waals surface area contributed by atoms with Crippen molar-refractivity contribution in [3.05, 3.63) is 11.4 Å². The summed E-state index contributed by atoms with van der Waals surface area (Å²) in [6.07, 6.45) is 0. The van der Waals surface area contributed by atoms with Gasteiger partial charge in [-0.05, 0) is 0 Å². The summed E-state index contributed by atoms with van der Waals surface area (Å²) in [7, 11) is 0. The van der Waals surface area contributed by atoms with E-state index in [2.05, 4.69) is 0 Å². The second kappa shape index (κ2) is 1.42. The fourth-order valence-electron chi connectivity index (χ4n) is 0.456. The molecule has 0 atom stereocenters. The molecule has 0 amide bonds. The molecule has 0 spiro atoms. The van der Waals surface area contributed by atoms with Gasteiger partial charge in [-0.25, -0.2) is 0 Å². The van der Waals surface area contributed by atoms with Crippen LogP contribution in [0, 0.1) is 0 Å². The van der Waals surface area contributed by atoms with Gasteiger partial charge in [0.2, 0.25) is 0 Å². The van der Waals surface area contributed by atoms with Crippen molar-refractivity contribution in [2.24, 2.45) is 11.5 Å². The first-order valence-electron chi connectivity index (χ1n) is 2.11. The molecule has 0 saturated heterocycles. The smallest absolute Gasteiger partial charge is 0.0884 e. The normalized spacial score (nSPS) is 21.1. The summed E-state index contributed by atoms with van der Waals surface area (Å²) >= 11 is 0. The molecule has 0 saturated carbocycles. The van der Waals surface area contributed by atoms with Gasteiger partial charge < -0.3 is 16.2 Å². The summed E-state index contributed by atoms with van der Waals surface area (Å²) in [5.41, 5.74) is 12.0. The van der Waals surface area contributed by atoms with Crippen molar-refractivity contribution < 1.29 is 4.74 Å². The molecule has 0 unspecified atom stereocenters. The van der Waals surface area contributed by atoms with E-state index in [1.807, 2.05) is 0 Å². The average Bonchev–Trinajstić information content (AvgIpc) is 1.91. The Morgan fingerprint density at radius 2 is 1.57 bits per heavy atom. The van der Waals surface area contributed by atoms with Crippen LogP contribution in [-0.2, 0) is 4.74 Å². The molecule has 1 aliphatic heterocycles. The Labute approximate surface area is 41.9 Å². The Kier molecular flexibility index (Phi) is 0.906. The number of nitrogens with two attached hydrogens (primary N) is 2. The molecule has 0 aromatic rings. The van der Waals surface area contributed by atoms with E-state index in [1.165, 1.54) is 0 Å². The highest BCUT2D eigenvalue weighted by Crippen LogP contribution is 2.00. The minimum Gasteiger partial charge on any atom is -0.399 e. The van der Waals surface area contributed by atoms with Crippen LogP contribution in [0.4, 0.5) is 0 Å². The van der Waals surface area contributed by atoms with E-state index in [0.717, 1.165) is 0 Å². The average molecular weight is 100 g/mol. The topological polar surface area (TPSA) is 61.3 Å². The molecular formula is C4H8N2O. The molecule has 0 aromatic carbocycles. The second-order valence-electron chi connectivity index (χ2n) is 1.54. The Morgan fingerprint density at radius 1 is 1.14 bits per heavy atom. The van der Waals surface area contributed by atoms with E-state index >= 15 is 0 Å². The molecule has 0 aliphatic carbocycles. The molecule has 0 bridgehead atoms. The minimum absolute atomic E-state index is 0.506. The zero-order valence-electron chi connectivity index (χ0n) is 3.98. The molecule has 0 radical (unpaired) electrons. The number of hydrogen-bond acceptors (Lipinski definition) is 3. The van der Waals surface area contributed by atoms with Crippen LogP contribution in [0.25, 0.3) is 0 Å². The Balaban J connectivity index is 2.64. The lowest BCUT2D eigenvalue weighted by atomic mass is 10.4. The molecule has 0 fully saturated rings. The molecule has 7 heavy (non-hydrogen) atoms. The maximum Gasteiger partial charge on any atom is 0.0884 e. The molecule has 1 aliphatic rings. The van der Waals surface area contributed by atoms with Crippen molar-refractivity contribution in [2.75, 3.05) is 13.2 Å². The Bertz CT molecular complexity index is 96.3. The largest absolute Gasteiger partial charge is 0.399 e. The fraction of sp³-hybridized carbons (Fsp3) is 0.500. The standard InChI is InChI=1S/C4H8N2O/c5-3-1-7-2-4(3)6/h1-2,5-6H2. The van der Waals surface area contributed by atoms with Crippen LogP contribution in [-0.4, -0.2) is 13.2 Å². The second-order valence-corrected chi connectivity index (χ2v) is 1.54. The van der Waals surface area contributed by atoms with Crippen LogP contribution >= 0.6 is 0 Å². The van der Waals surface area contributed by atoms with Gasteiger partial charge in [-0.1, -0.05) is 0 Å². The highest BCUT2D eigenvalue weighted by molar-refractivity contribution is 5.11. The lowest BCUT2D eigenvalue weighted by Crippen LogP contribution is -2.06. The van der Waals surface area contributed by atoms with Crippen molar-refractivity contribution in [1.82, 2.24) is 0 Å². The van der Waals surface area contributed by atoms with E-state index in [4.69, 9.17) is 16.2 Å². The molecular weight excluding hydrogens is 92.1 g/mol. The van der Waals surface area contributed by atoms with E-state index in [1.54, 1.807) is 0 Å². The molecule has 1 rings (SSSR count). The van der Waals surface area contributed by atoms with Crippen molar-refractivity contribution >= 4 is 0 Å². The molecule has 3 nitrogen and oxygen atoms in total. The maximum absolute atomic E-state index is 5.31. The van der Waals surface area contributed by atoms with Gasteiger partial charge >= 0.3 is 0 Å². The number of ether oxygens (including phenoxy) is 1. The number of hydrogen-bond donors (Lipinski definition) is 2. The third kappa shape index (κ3) is 0.667. The van der Waals surface area contributed by atoms with Crippen LogP contribution in [0.2, 0.25) is 0 Å². The predicted octanol–water partition coefficient (Wildman–Crippen LogP) is -0.854. The van der Waals surface area contributed by atoms with E-state index in [9.17, 15) is 0 Å². The summed E-state index contributed by atoms with van der Waals surface area (Å²) in [4.78, 5) is 0. The fourth-order valence-corrected chi connectivity index (χ4v) is 0.456. The van der Waals surface area contributed by atoms with Crippen LogP contribution in [0.1, 0.15) is 0 Å². The molecule has 40 valence electrons. The number of rotatable bonds is 0. The molecule has 4 N–H and O–H groups in total. The lowest BCUT2D eigenvalue weighted by Gasteiger charge is -1.85. The first-order chi connectivity index (χ1) is 3.30. The van der Waals surface area contributed by atoms with Gasteiger partial charge in [0.1, 0.15) is 0 Å². The Morgan fingerprint density at radius 3 is 1.71 bits per heavy atom. The maximum atomic E-state index is 5.31. The highest BCUT2D eigenvalue weighted by atomic mass is 16.5. The van der Waals surface area contributed by atoms with Crippen molar-refractivity contribution in [3.8, 4) is 0 Å². The summed E-state index contributed by atoms with van der Waals surface area (Å²) in [6.45, 7) is 1.01. The monoisotopic (exact) mass is 100 g/mol. The first kappa shape index (κ1) is 4.46. The van der Waals surface area contributed by atoms with Crippen LogP contribution in [0.15, 0.2) is 11.4 Å². The lowest BCUT2D eigenvalue weighted by molar-refractivity contribution is 0.203. The van der Waals surface area contributed by atoms with E-state index in [-0.39, 0.29) is 0 Å². The SMILES string of the molecule is NC1=C(N)COC1. The van der Waals surface area contributed by atoms with Gasteiger partial charge in [-0.15, -0.1) is 0 Å². The van der Waals surface area contributed by atoms with Gasteiger partial charge in [0, 0.05) is 0 Å². The van der Waals surface area contributed by atoms with Crippen molar-refractivity contribution in [1.29, 1.82) is 0 Å². The van der Waals surface area contributed by atoms with Crippen molar-refractivity contribution in [2.45, 2.75) is 0 Å². The van der Waals surface area contributed by atoms with Crippen LogP contribution in [0.3, 0.4) is 0 Å². The first-order valence-corrected chi connectivity index (χ1v) is 2.11. The highest BCUT2D eigenvalue weighted by Gasteiger charge is 2.05. The Hall–Kier alpha value is -0.700. The molecule has 0 aromatic heterocycles. The molecule has 3 heteroatoms. The third-order valence-electron chi connectivity index (χ3n) is 0.928. The quantitative estimate of drug-likeness (QED) is 0.416. The van der Waals surface area contributed by atoms with Gasteiger partial charge in [-0.2, -0.15) is 0 Å². The van der Waals surface area contributed by atoms with Gasteiger partial charge in [-0.3, -0.25) is 0 Å². The zero-order valence-corrected chi connectivity index (χ0v) is 3.98. The van der Waals surface area contributed by atoms with Crippen LogP contribution < -0.4 is 11.5 Å². The molecule has 1 heterocycles. The predicted molar refractivity (Wildman–Crippen MR) is 26.2 cm³/mol. The summed E-state index contributed by atoms with van der Waals surface area (Å²) in [5, 5.41) is 0. The zero-order chi connectivity index (χ0) is 5.28. The van der Waals surface area contributed by atoms with E-state index in [0.29, 0.717) is 24.6 Å². The van der Waals surface area contributed by atoms with Crippen molar-refractivity contribution in [3.63, 3.8) is 0 Å². The van der Waals surface area contributed by atoms with Gasteiger partial charge in [0.25, 0.3) is 0 Å². The minimum atomic E-state index is 0.506. The summed E-state index contributed by atoms with van der Waals surface area (Å²) in [6, 6.07) is 0. The van der Waals surface area contributed by atoms with E-state index < -0.39 is 0 Å². The summed E-state index contributed by atoms with van der Waals surface area (Å²) in [5.74, 6) is 0. The van der Waals surface area contributed by atoms with Gasteiger partial charge in [0.15, 0.2) is 0 Å². The van der Waals surface area contributed by atoms with Crippen LogP contribution in [0.5, 0.6) is 0 Å². The third-order valence-corrected chi connectivity index (χ3v) is 0.928. The van der Waals surface area contributed by atoms with Gasteiger partial charge in [0.05, 0.1) is 24.6 Å². The summed E-state index contributed by atoms with van der Waals surface area (Å²) < 4.78 is 4.84.